The third kappa shape index (κ3) is 3.51. The molecular weight excluding hydrogens is 333 g/mol. The van der Waals surface area contributed by atoms with Crippen molar-refractivity contribution >= 4 is 15.9 Å². The van der Waals surface area contributed by atoms with Crippen molar-refractivity contribution in [3.8, 4) is 0 Å². The van der Waals surface area contributed by atoms with Crippen LogP contribution in [0.2, 0.25) is 0 Å². The number of nitrogens with two attached hydrogens (primary N) is 1. The van der Waals surface area contributed by atoms with Gasteiger partial charge in [0.1, 0.15) is 5.82 Å². The quantitative estimate of drug-likeness (QED) is 0.874. The summed E-state index contributed by atoms with van der Waals surface area (Å²) in [6, 6.07) is 10.7. The van der Waals surface area contributed by atoms with Crippen molar-refractivity contribution in [1.82, 2.24) is 0 Å². The highest BCUT2D eigenvalue weighted by Crippen LogP contribution is 2.32. The Morgan fingerprint density at radius 2 is 1.76 bits per heavy atom. The predicted molar refractivity (Wildman–Crippen MR) is 86.8 cm³/mol. The average Bonchev–Trinajstić information content (AvgIpc) is 2.46. The van der Waals surface area contributed by atoms with E-state index < -0.39 is 6.10 Å². The Balaban J connectivity index is 2.35. The molecule has 0 amide bonds. The van der Waals surface area contributed by atoms with Crippen LogP contribution in [-0.4, -0.2) is 11.7 Å². The van der Waals surface area contributed by atoms with Crippen molar-refractivity contribution < 1.29 is 9.50 Å². The largest absolute Gasteiger partial charge is 0.388 e. The number of aryl methyl sites for hydroxylation is 2. The second-order valence-electron chi connectivity index (χ2n) is 5.30. The topological polar surface area (TPSA) is 46.2 Å². The van der Waals surface area contributed by atoms with Crippen LogP contribution in [0.5, 0.6) is 0 Å². The SMILES string of the molecule is Cc1ccc(C(CN)C(O)c2ccc(Br)c(F)c2)cc1C. The number of hydrogen-bond acceptors (Lipinski definition) is 2. The lowest BCUT2D eigenvalue weighted by Crippen LogP contribution is -2.20. The molecule has 2 aromatic rings. The number of halogens is 2. The molecule has 112 valence electrons. The first-order chi connectivity index (χ1) is 9.93. The van der Waals surface area contributed by atoms with Gasteiger partial charge in [-0.3, -0.25) is 0 Å². The minimum Gasteiger partial charge on any atom is -0.388 e. The summed E-state index contributed by atoms with van der Waals surface area (Å²) in [4.78, 5) is 0. The summed E-state index contributed by atoms with van der Waals surface area (Å²) >= 11 is 3.11. The van der Waals surface area contributed by atoms with Gasteiger partial charge in [0, 0.05) is 12.5 Å². The van der Waals surface area contributed by atoms with Crippen LogP contribution in [-0.2, 0) is 0 Å². The number of benzene rings is 2. The van der Waals surface area contributed by atoms with Gasteiger partial charge in [-0.25, -0.2) is 4.39 Å². The molecule has 0 bridgehead atoms. The summed E-state index contributed by atoms with van der Waals surface area (Å²) in [6.07, 6.45) is -0.834. The fraction of sp³-hybridized carbons (Fsp3) is 0.294. The van der Waals surface area contributed by atoms with Gasteiger partial charge >= 0.3 is 0 Å². The molecule has 4 heteroatoms. The number of hydrogen-bond donors (Lipinski definition) is 2. The first-order valence-corrected chi connectivity index (χ1v) is 7.63. The van der Waals surface area contributed by atoms with Gasteiger partial charge in [-0.2, -0.15) is 0 Å². The van der Waals surface area contributed by atoms with Crippen LogP contribution < -0.4 is 5.73 Å². The molecule has 0 saturated carbocycles. The highest BCUT2D eigenvalue weighted by molar-refractivity contribution is 9.10. The highest BCUT2D eigenvalue weighted by atomic mass is 79.9. The molecule has 2 nitrogen and oxygen atoms in total. The van der Waals surface area contributed by atoms with Crippen LogP contribution in [0.4, 0.5) is 4.39 Å². The number of aliphatic hydroxyl groups excluding tert-OH is 1. The lowest BCUT2D eigenvalue weighted by atomic mass is 9.88. The summed E-state index contributed by atoms with van der Waals surface area (Å²) in [7, 11) is 0. The highest BCUT2D eigenvalue weighted by Gasteiger charge is 2.22. The van der Waals surface area contributed by atoms with Gasteiger partial charge in [-0.15, -0.1) is 0 Å². The van der Waals surface area contributed by atoms with E-state index in [1.807, 2.05) is 32.0 Å². The first kappa shape index (κ1) is 16.1. The van der Waals surface area contributed by atoms with E-state index in [2.05, 4.69) is 15.9 Å². The predicted octanol–water partition coefficient (Wildman–Crippen LogP) is 3.98. The number of aliphatic hydroxyl groups is 1. The fourth-order valence-corrected chi connectivity index (χ4v) is 2.62. The van der Waals surface area contributed by atoms with Gasteiger partial charge in [0.25, 0.3) is 0 Å². The maximum Gasteiger partial charge on any atom is 0.137 e. The molecule has 2 rings (SSSR count). The zero-order chi connectivity index (χ0) is 15.6. The molecule has 0 radical (unpaired) electrons. The van der Waals surface area contributed by atoms with E-state index in [0.717, 1.165) is 11.1 Å². The maximum atomic E-state index is 13.6. The third-order valence-corrected chi connectivity index (χ3v) is 4.52. The second-order valence-corrected chi connectivity index (χ2v) is 6.16. The van der Waals surface area contributed by atoms with Gasteiger partial charge in [-0.1, -0.05) is 24.3 Å². The summed E-state index contributed by atoms with van der Waals surface area (Å²) < 4.78 is 14.0. The van der Waals surface area contributed by atoms with Crippen molar-refractivity contribution in [1.29, 1.82) is 0 Å². The standard InChI is InChI=1S/C17H19BrFNO/c1-10-3-4-12(7-11(10)2)14(9-20)17(21)13-5-6-15(18)16(19)8-13/h3-8,14,17,21H,9,20H2,1-2H3. The van der Waals surface area contributed by atoms with Crippen LogP contribution in [0, 0.1) is 19.7 Å². The van der Waals surface area contributed by atoms with Crippen molar-refractivity contribution in [3.05, 3.63) is 68.9 Å². The average molecular weight is 352 g/mol. The van der Waals surface area contributed by atoms with Crippen LogP contribution >= 0.6 is 15.9 Å². The molecular formula is C17H19BrFNO. The Bertz CT molecular complexity index is 645. The Kier molecular flexibility index (Phi) is 5.14. The van der Waals surface area contributed by atoms with Crippen molar-refractivity contribution in [2.75, 3.05) is 6.54 Å². The summed E-state index contributed by atoms with van der Waals surface area (Å²) in [5.41, 5.74) is 9.68. The minimum absolute atomic E-state index is 0.259. The third-order valence-electron chi connectivity index (χ3n) is 3.88. The Morgan fingerprint density at radius 3 is 2.33 bits per heavy atom. The molecule has 0 aliphatic carbocycles. The summed E-state index contributed by atoms with van der Waals surface area (Å²) in [5, 5.41) is 10.5. The molecule has 2 unspecified atom stereocenters. The first-order valence-electron chi connectivity index (χ1n) is 6.84. The van der Waals surface area contributed by atoms with E-state index >= 15 is 0 Å². The molecule has 3 N–H and O–H groups in total. The van der Waals surface area contributed by atoms with Gasteiger partial charge in [0.05, 0.1) is 10.6 Å². The monoisotopic (exact) mass is 351 g/mol. The van der Waals surface area contributed by atoms with Crippen molar-refractivity contribution in [3.63, 3.8) is 0 Å². The second kappa shape index (κ2) is 6.69. The fourth-order valence-electron chi connectivity index (χ4n) is 2.37. The molecule has 0 aliphatic rings. The lowest BCUT2D eigenvalue weighted by Gasteiger charge is -2.23. The summed E-state index contributed by atoms with van der Waals surface area (Å²) in [6.45, 7) is 4.36. The van der Waals surface area contributed by atoms with E-state index in [1.165, 1.54) is 11.6 Å². The van der Waals surface area contributed by atoms with Crippen LogP contribution in [0.25, 0.3) is 0 Å². The van der Waals surface area contributed by atoms with Crippen LogP contribution in [0.3, 0.4) is 0 Å². The lowest BCUT2D eigenvalue weighted by molar-refractivity contribution is 0.147. The van der Waals surface area contributed by atoms with Gasteiger partial charge in [0.2, 0.25) is 0 Å². The molecule has 0 spiro atoms. The zero-order valence-corrected chi connectivity index (χ0v) is 13.7. The van der Waals surface area contributed by atoms with Gasteiger partial charge < -0.3 is 10.8 Å². The maximum absolute atomic E-state index is 13.6. The van der Waals surface area contributed by atoms with E-state index in [9.17, 15) is 9.50 Å². The van der Waals surface area contributed by atoms with Crippen LogP contribution in [0.15, 0.2) is 40.9 Å². The molecule has 0 heterocycles. The van der Waals surface area contributed by atoms with Crippen molar-refractivity contribution in [2.45, 2.75) is 25.9 Å². The van der Waals surface area contributed by atoms with E-state index in [0.29, 0.717) is 16.6 Å². The summed E-state index contributed by atoms with van der Waals surface area (Å²) in [5.74, 6) is -0.646. The molecule has 0 fully saturated rings. The zero-order valence-electron chi connectivity index (χ0n) is 12.1. The Labute approximate surface area is 132 Å². The molecule has 0 aromatic heterocycles. The number of rotatable bonds is 4. The molecule has 2 atom stereocenters. The van der Waals surface area contributed by atoms with Gasteiger partial charge in [-0.05, 0) is 64.2 Å². The normalized spacial score (nSPS) is 14.0. The van der Waals surface area contributed by atoms with E-state index in [4.69, 9.17) is 5.73 Å². The Morgan fingerprint density at radius 1 is 1.10 bits per heavy atom. The molecule has 21 heavy (non-hydrogen) atoms. The van der Waals surface area contributed by atoms with Crippen LogP contribution in [0.1, 0.15) is 34.3 Å². The van der Waals surface area contributed by atoms with Gasteiger partial charge in [0.15, 0.2) is 0 Å². The van der Waals surface area contributed by atoms with E-state index in [-0.39, 0.29) is 11.7 Å². The van der Waals surface area contributed by atoms with E-state index in [1.54, 1.807) is 12.1 Å². The Hall–Kier alpha value is -1.23. The molecule has 0 saturated heterocycles. The molecule has 2 aromatic carbocycles. The van der Waals surface area contributed by atoms with Crippen molar-refractivity contribution in [2.24, 2.45) is 5.73 Å². The smallest absolute Gasteiger partial charge is 0.137 e. The molecule has 0 aliphatic heterocycles. The minimum atomic E-state index is -0.834.